The number of nitrogens with zero attached hydrogens (tertiary/aromatic N) is 2. The standard InChI is InChI=1S/C19H16BrN3OS/c1-11(18-22-14-9-5-6-10-15(14)25-18)23(2)19(24)17-16(20)12-7-3-4-8-13(12)21-17/h3-11,21H,1-2H3. The third-order valence-electron chi connectivity index (χ3n) is 4.43. The van der Waals surface area contributed by atoms with Crippen LogP contribution < -0.4 is 0 Å². The summed E-state index contributed by atoms with van der Waals surface area (Å²) in [5.41, 5.74) is 2.48. The SMILES string of the molecule is CC(c1nc2ccccc2s1)N(C)C(=O)c1[nH]c2ccccc2c1Br. The third-order valence-corrected chi connectivity index (χ3v) is 6.46. The summed E-state index contributed by atoms with van der Waals surface area (Å²) in [5.74, 6) is -0.0603. The minimum atomic E-state index is -0.108. The van der Waals surface area contributed by atoms with E-state index in [1.807, 2.05) is 56.4 Å². The number of fused-ring (bicyclic) bond motifs is 2. The van der Waals surface area contributed by atoms with E-state index in [4.69, 9.17) is 0 Å². The lowest BCUT2D eigenvalue weighted by Crippen LogP contribution is -2.30. The minimum absolute atomic E-state index is 0.0603. The highest BCUT2D eigenvalue weighted by Crippen LogP contribution is 2.32. The molecule has 25 heavy (non-hydrogen) atoms. The number of rotatable bonds is 3. The molecule has 1 unspecified atom stereocenters. The second-order valence-electron chi connectivity index (χ2n) is 5.97. The van der Waals surface area contributed by atoms with E-state index in [1.165, 1.54) is 0 Å². The number of para-hydroxylation sites is 2. The summed E-state index contributed by atoms with van der Waals surface area (Å²) in [4.78, 5) is 22.6. The molecule has 2 aromatic carbocycles. The van der Waals surface area contributed by atoms with Gasteiger partial charge in [-0.1, -0.05) is 30.3 Å². The number of carbonyl (C=O) groups is 1. The zero-order valence-electron chi connectivity index (χ0n) is 13.8. The van der Waals surface area contributed by atoms with Crippen molar-refractivity contribution in [1.82, 2.24) is 14.9 Å². The van der Waals surface area contributed by atoms with Crippen LogP contribution in [-0.4, -0.2) is 27.8 Å². The first kappa shape index (κ1) is 16.3. The Morgan fingerprint density at radius 1 is 1.20 bits per heavy atom. The van der Waals surface area contributed by atoms with Gasteiger partial charge in [0.15, 0.2) is 0 Å². The summed E-state index contributed by atoms with van der Waals surface area (Å²) < 4.78 is 1.94. The fourth-order valence-corrected chi connectivity index (χ4v) is 4.52. The molecule has 0 aliphatic rings. The van der Waals surface area contributed by atoms with Crippen LogP contribution in [0.2, 0.25) is 0 Å². The smallest absolute Gasteiger partial charge is 0.271 e. The summed E-state index contributed by atoms with van der Waals surface area (Å²) in [5, 5.41) is 1.94. The molecule has 0 spiro atoms. The van der Waals surface area contributed by atoms with E-state index in [-0.39, 0.29) is 11.9 Å². The molecule has 0 saturated carbocycles. The summed E-state index contributed by atoms with van der Waals surface area (Å²) >= 11 is 5.19. The first-order valence-corrected chi connectivity index (χ1v) is 9.56. The second-order valence-corrected chi connectivity index (χ2v) is 7.83. The first-order chi connectivity index (χ1) is 12.1. The Balaban J connectivity index is 1.67. The average Bonchev–Trinajstić information content (AvgIpc) is 3.21. The molecule has 126 valence electrons. The largest absolute Gasteiger partial charge is 0.350 e. The normalized spacial score (nSPS) is 12.6. The molecular formula is C19H16BrN3OS. The van der Waals surface area contributed by atoms with Crippen molar-refractivity contribution in [3.63, 3.8) is 0 Å². The van der Waals surface area contributed by atoms with Crippen LogP contribution in [-0.2, 0) is 0 Å². The summed E-state index contributed by atoms with van der Waals surface area (Å²) in [6.07, 6.45) is 0. The fourth-order valence-electron chi connectivity index (χ4n) is 2.84. The molecule has 2 heterocycles. The molecule has 1 N–H and O–H groups in total. The van der Waals surface area contributed by atoms with E-state index < -0.39 is 0 Å². The lowest BCUT2D eigenvalue weighted by Gasteiger charge is -2.22. The number of thiazole rings is 1. The molecule has 0 saturated heterocycles. The molecule has 0 aliphatic heterocycles. The molecule has 0 bridgehead atoms. The Morgan fingerprint density at radius 2 is 1.92 bits per heavy atom. The Labute approximate surface area is 157 Å². The van der Waals surface area contributed by atoms with Gasteiger partial charge in [-0.3, -0.25) is 4.79 Å². The Hall–Kier alpha value is -2.18. The zero-order valence-corrected chi connectivity index (χ0v) is 16.2. The first-order valence-electron chi connectivity index (χ1n) is 7.95. The van der Waals surface area contributed by atoms with E-state index >= 15 is 0 Å². The van der Waals surface area contributed by atoms with Crippen LogP contribution in [0.1, 0.15) is 28.5 Å². The lowest BCUT2D eigenvalue weighted by molar-refractivity contribution is 0.0736. The van der Waals surface area contributed by atoms with Gasteiger partial charge in [0.05, 0.1) is 20.7 Å². The quantitative estimate of drug-likeness (QED) is 0.490. The van der Waals surface area contributed by atoms with Crippen LogP contribution in [0.25, 0.3) is 21.1 Å². The lowest BCUT2D eigenvalue weighted by atomic mass is 10.2. The van der Waals surface area contributed by atoms with Crippen molar-refractivity contribution in [3.8, 4) is 0 Å². The predicted molar refractivity (Wildman–Crippen MR) is 106 cm³/mol. The maximum atomic E-state index is 13.0. The van der Waals surface area contributed by atoms with Gasteiger partial charge in [0.25, 0.3) is 5.91 Å². The molecular weight excluding hydrogens is 398 g/mol. The van der Waals surface area contributed by atoms with Gasteiger partial charge in [0.1, 0.15) is 10.7 Å². The van der Waals surface area contributed by atoms with Crippen molar-refractivity contribution in [2.24, 2.45) is 0 Å². The number of benzene rings is 2. The van der Waals surface area contributed by atoms with Crippen molar-refractivity contribution in [2.75, 3.05) is 7.05 Å². The number of aromatic nitrogens is 2. The molecule has 0 aliphatic carbocycles. The van der Waals surface area contributed by atoms with Crippen molar-refractivity contribution < 1.29 is 4.79 Å². The number of aromatic amines is 1. The highest BCUT2D eigenvalue weighted by Gasteiger charge is 2.25. The molecule has 4 aromatic rings. The van der Waals surface area contributed by atoms with E-state index in [9.17, 15) is 4.79 Å². The summed E-state index contributed by atoms with van der Waals surface area (Å²) in [6, 6.07) is 15.8. The van der Waals surface area contributed by atoms with Gasteiger partial charge in [-0.2, -0.15) is 0 Å². The summed E-state index contributed by atoms with van der Waals surface area (Å²) in [6.45, 7) is 2.01. The van der Waals surface area contributed by atoms with Gasteiger partial charge in [-0.15, -0.1) is 11.3 Å². The van der Waals surface area contributed by atoms with Gasteiger partial charge in [-0.05, 0) is 41.1 Å². The number of amides is 1. The van der Waals surface area contributed by atoms with E-state index in [2.05, 4.69) is 32.0 Å². The van der Waals surface area contributed by atoms with E-state index in [0.717, 1.165) is 30.6 Å². The second kappa shape index (κ2) is 6.28. The van der Waals surface area contributed by atoms with Crippen LogP contribution in [0, 0.1) is 0 Å². The Kier molecular flexibility index (Phi) is 4.09. The van der Waals surface area contributed by atoms with E-state index in [1.54, 1.807) is 16.2 Å². The van der Waals surface area contributed by atoms with Crippen LogP contribution in [0.4, 0.5) is 0 Å². The topological polar surface area (TPSA) is 49.0 Å². The number of nitrogens with one attached hydrogen (secondary N) is 1. The molecule has 0 radical (unpaired) electrons. The van der Waals surface area contributed by atoms with Crippen LogP contribution in [0.5, 0.6) is 0 Å². The molecule has 1 amide bonds. The fraction of sp³-hybridized carbons (Fsp3) is 0.158. The number of hydrogen-bond donors (Lipinski definition) is 1. The maximum Gasteiger partial charge on any atom is 0.271 e. The molecule has 0 fully saturated rings. The number of halogens is 1. The number of hydrogen-bond acceptors (Lipinski definition) is 3. The molecule has 6 heteroatoms. The van der Waals surface area contributed by atoms with Gasteiger partial charge in [0, 0.05) is 18.0 Å². The molecule has 4 nitrogen and oxygen atoms in total. The van der Waals surface area contributed by atoms with Crippen molar-refractivity contribution in [1.29, 1.82) is 0 Å². The van der Waals surface area contributed by atoms with Gasteiger partial charge >= 0.3 is 0 Å². The van der Waals surface area contributed by atoms with Crippen LogP contribution >= 0.6 is 27.3 Å². The maximum absolute atomic E-state index is 13.0. The molecule has 2 aromatic heterocycles. The highest BCUT2D eigenvalue weighted by atomic mass is 79.9. The monoisotopic (exact) mass is 413 g/mol. The van der Waals surface area contributed by atoms with Crippen LogP contribution in [0.15, 0.2) is 53.0 Å². The van der Waals surface area contributed by atoms with Crippen molar-refractivity contribution >= 4 is 54.3 Å². The van der Waals surface area contributed by atoms with Gasteiger partial charge < -0.3 is 9.88 Å². The minimum Gasteiger partial charge on any atom is -0.350 e. The molecule has 1 atom stereocenters. The average molecular weight is 414 g/mol. The van der Waals surface area contributed by atoms with Crippen LogP contribution in [0.3, 0.4) is 0 Å². The van der Waals surface area contributed by atoms with Gasteiger partial charge in [0.2, 0.25) is 0 Å². The Bertz CT molecular complexity index is 1050. The zero-order chi connectivity index (χ0) is 17.6. The summed E-state index contributed by atoms with van der Waals surface area (Å²) in [7, 11) is 1.82. The van der Waals surface area contributed by atoms with Crippen molar-refractivity contribution in [3.05, 3.63) is 63.7 Å². The van der Waals surface area contributed by atoms with E-state index in [0.29, 0.717) is 5.69 Å². The van der Waals surface area contributed by atoms with Gasteiger partial charge in [-0.25, -0.2) is 4.98 Å². The Morgan fingerprint density at radius 3 is 2.68 bits per heavy atom. The number of carbonyl (C=O) groups excluding carboxylic acids is 1. The third kappa shape index (κ3) is 2.75. The highest BCUT2D eigenvalue weighted by molar-refractivity contribution is 9.10. The van der Waals surface area contributed by atoms with Crippen molar-refractivity contribution in [2.45, 2.75) is 13.0 Å². The number of H-pyrrole nitrogens is 1. The molecule has 4 rings (SSSR count). The predicted octanol–water partition coefficient (Wildman–Crippen LogP) is 5.37.